The molecule has 0 saturated heterocycles. The zero-order valence-electron chi connectivity index (χ0n) is 33.7. The van der Waals surface area contributed by atoms with Crippen molar-refractivity contribution in [1.29, 1.82) is 0 Å². The molecule has 0 unspecified atom stereocenters. The minimum Gasteiger partial charge on any atom is -0.287 e. The fourth-order valence-electron chi connectivity index (χ4n) is 7.24. The fourth-order valence-corrected chi connectivity index (χ4v) is 7.24. The summed E-state index contributed by atoms with van der Waals surface area (Å²) in [5, 5.41) is 0. The molecule has 362 valence electrons. The topological polar surface area (TPSA) is 50.9 Å². The van der Waals surface area contributed by atoms with Gasteiger partial charge in [-0.1, -0.05) is 66.7 Å². The van der Waals surface area contributed by atoms with Crippen molar-refractivity contribution in [3.8, 4) is 0 Å². The molecule has 0 spiro atoms. The first-order chi connectivity index (χ1) is 32.9. The second-order valence-corrected chi connectivity index (χ2v) is 14.3. The number of Topliss-reactive ketones (excluding diaryl/α,β-unsaturated/α-hetero) is 1. The van der Waals surface area contributed by atoms with Crippen LogP contribution in [0, 0.1) is 116 Å². The first kappa shape index (κ1) is 51.5. The maximum atomic E-state index is 15.4. The molecule has 25 heteroatoms. The van der Waals surface area contributed by atoms with Crippen molar-refractivity contribution in [3.63, 3.8) is 0 Å². The molecule has 0 aliphatic carbocycles. The Kier molecular flexibility index (Phi) is 14.7. The molecule has 7 rings (SSSR count). The molecule has 0 aliphatic heterocycles. The van der Waals surface area contributed by atoms with E-state index < -0.39 is 144 Å². The number of halogens is 20. The SMILES string of the molecule is Fc1c(F)c(F)c([B-](c2c(F)c(F)c(F)c(F)c2F)(c2c(F)c(F)c(F)c(F)c2F)c2c(F)c(F)c(F)c(F)c2F)c(F)c1F.O=C(C[n+]1ccnc(C(=O)C=Cc2ccccc2)c1)c1ccccc1. The standard InChI is InChI=1S/C24BF20.C21H17N2O2/c26-5-1(6(27)14(35)21(42)13(5)34)25(2-7(28)15(36)22(43)16(37)8(2)29,3-9(30)17(38)23(44)18(39)10(3)31)4-11(32)19(40)24(45)20(41)12(4)33;24-20(12-11-17-7-3-1-4-8-17)19-15-23(14-13-22-19)16-21(25)18-9-5-2-6-10-18/h;1-15H,16H2/q-1;+1. The van der Waals surface area contributed by atoms with E-state index in [9.17, 15) is 62.3 Å². The maximum Gasteiger partial charge on any atom is 0.227 e. The van der Waals surface area contributed by atoms with Gasteiger partial charge in [-0.15, -0.1) is 21.9 Å². The molecule has 0 atom stereocenters. The van der Waals surface area contributed by atoms with Crippen LogP contribution in [0.4, 0.5) is 87.8 Å². The van der Waals surface area contributed by atoms with Gasteiger partial charge in [0.1, 0.15) is 52.7 Å². The van der Waals surface area contributed by atoms with E-state index in [2.05, 4.69) is 4.98 Å². The first-order valence-electron chi connectivity index (χ1n) is 18.9. The first-order valence-corrected chi connectivity index (χ1v) is 18.9. The predicted molar refractivity (Wildman–Crippen MR) is 204 cm³/mol. The summed E-state index contributed by atoms with van der Waals surface area (Å²) >= 11 is 0. The van der Waals surface area contributed by atoms with Crippen LogP contribution >= 0.6 is 0 Å². The Bertz CT molecular complexity index is 2900. The molecule has 70 heavy (non-hydrogen) atoms. The van der Waals surface area contributed by atoms with E-state index in [4.69, 9.17) is 0 Å². The second-order valence-electron chi connectivity index (χ2n) is 14.3. The Morgan fingerprint density at radius 1 is 0.429 bits per heavy atom. The zero-order chi connectivity index (χ0) is 51.8. The molecule has 0 saturated carbocycles. The highest BCUT2D eigenvalue weighted by Gasteiger charge is 2.52. The number of aromatic nitrogens is 2. The van der Waals surface area contributed by atoms with Crippen LogP contribution in [-0.2, 0) is 6.54 Å². The molecule has 1 heterocycles. The Hall–Kier alpha value is -7.86. The minimum atomic E-state index is -7.22. The van der Waals surface area contributed by atoms with Crippen LogP contribution in [0.15, 0.2) is 85.3 Å². The van der Waals surface area contributed by atoms with E-state index in [1.165, 1.54) is 12.3 Å². The number of carbonyl (C=O) groups is 2. The highest BCUT2D eigenvalue weighted by molar-refractivity contribution is 7.20. The van der Waals surface area contributed by atoms with E-state index >= 15 is 35.1 Å². The molecule has 0 bridgehead atoms. The molecule has 0 amide bonds. The van der Waals surface area contributed by atoms with E-state index in [1.807, 2.05) is 48.5 Å². The van der Waals surface area contributed by atoms with Gasteiger partial charge in [0.05, 0.1) is 6.20 Å². The Morgan fingerprint density at radius 2 is 0.729 bits per heavy atom. The smallest absolute Gasteiger partial charge is 0.227 e. The molecule has 0 radical (unpaired) electrons. The van der Waals surface area contributed by atoms with Gasteiger partial charge >= 0.3 is 0 Å². The molecular formula is C45H17BF20N2O2. The number of allylic oxidation sites excluding steroid dienone is 1. The molecule has 4 nitrogen and oxygen atoms in total. The Labute approximate surface area is 377 Å². The monoisotopic (exact) mass is 1010 g/mol. The minimum absolute atomic E-state index is 0.0185. The van der Waals surface area contributed by atoms with Gasteiger partial charge in [-0.3, -0.25) is 9.59 Å². The van der Waals surface area contributed by atoms with Crippen molar-refractivity contribution >= 4 is 45.6 Å². The predicted octanol–water partition coefficient (Wildman–Crippen LogP) is 8.99. The van der Waals surface area contributed by atoms with Gasteiger partial charge in [-0.25, -0.2) is 92.8 Å². The van der Waals surface area contributed by atoms with E-state index in [0.717, 1.165) is 5.56 Å². The number of benzene rings is 6. The average molecular weight is 1010 g/mol. The largest absolute Gasteiger partial charge is 0.287 e. The highest BCUT2D eigenvalue weighted by atomic mass is 19.2. The number of rotatable bonds is 10. The van der Waals surface area contributed by atoms with Crippen molar-refractivity contribution < 1.29 is 102 Å². The number of ketones is 2. The third-order valence-corrected chi connectivity index (χ3v) is 10.4. The van der Waals surface area contributed by atoms with Crippen molar-refractivity contribution in [2.24, 2.45) is 0 Å². The van der Waals surface area contributed by atoms with Gasteiger partial charge in [0.2, 0.25) is 18.1 Å². The summed E-state index contributed by atoms with van der Waals surface area (Å²) in [4.78, 5) is 28.6. The van der Waals surface area contributed by atoms with E-state index in [1.54, 1.807) is 35.2 Å². The van der Waals surface area contributed by atoms with Crippen LogP contribution in [0.2, 0.25) is 0 Å². The summed E-state index contributed by atoms with van der Waals surface area (Å²) < 4.78 is 296. The molecule has 6 aromatic carbocycles. The van der Waals surface area contributed by atoms with Crippen molar-refractivity contribution in [3.05, 3.63) is 218 Å². The lowest BCUT2D eigenvalue weighted by molar-refractivity contribution is -0.683. The van der Waals surface area contributed by atoms with Gasteiger partial charge in [-0.2, -0.15) is 4.57 Å². The number of carbonyl (C=O) groups excluding carboxylic acids is 2. The van der Waals surface area contributed by atoms with Crippen LogP contribution in [-0.4, -0.2) is 22.7 Å². The van der Waals surface area contributed by atoms with E-state index in [0.29, 0.717) is 11.3 Å². The van der Waals surface area contributed by atoms with Crippen LogP contribution in [0.25, 0.3) is 6.08 Å². The van der Waals surface area contributed by atoms with Gasteiger partial charge in [0.15, 0.2) is 87.9 Å². The van der Waals surface area contributed by atoms with Gasteiger partial charge in [0, 0.05) is 5.56 Å². The number of hydrogen-bond donors (Lipinski definition) is 0. The van der Waals surface area contributed by atoms with Crippen molar-refractivity contribution in [2.45, 2.75) is 6.54 Å². The molecule has 0 fully saturated rings. The average Bonchev–Trinajstić information content (AvgIpc) is 3.36. The molecular weight excluding hydrogens is 991 g/mol. The zero-order valence-corrected chi connectivity index (χ0v) is 33.7. The quantitative estimate of drug-likeness (QED) is 0.0262. The summed E-state index contributed by atoms with van der Waals surface area (Å²) in [5.74, 6) is -71.6. The number of hydrogen-bond acceptors (Lipinski definition) is 3. The summed E-state index contributed by atoms with van der Waals surface area (Å²) in [6.45, 7) is 0.162. The summed E-state index contributed by atoms with van der Waals surface area (Å²) in [6, 6.07) is 18.7. The summed E-state index contributed by atoms with van der Waals surface area (Å²) in [5.41, 5.74) is -12.4. The second kappa shape index (κ2) is 20.0. The van der Waals surface area contributed by atoms with Gasteiger partial charge in [0.25, 0.3) is 0 Å². The fraction of sp³-hybridized carbons (Fsp3) is 0.0222. The molecule has 0 aliphatic rings. The number of nitrogens with zero attached hydrogens (tertiary/aromatic N) is 2. The van der Waals surface area contributed by atoms with Crippen LogP contribution in [0.5, 0.6) is 0 Å². The summed E-state index contributed by atoms with van der Waals surface area (Å²) in [7, 11) is 0. The maximum absolute atomic E-state index is 15.4. The van der Waals surface area contributed by atoms with E-state index in [-0.39, 0.29) is 18.1 Å². The van der Waals surface area contributed by atoms with Crippen LogP contribution in [0.1, 0.15) is 26.4 Å². The van der Waals surface area contributed by atoms with Gasteiger partial charge < -0.3 is 0 Å². The highest BCUT2D eigenvalue weighted by Crippen LogP contribution is 2.31. The lowest BCUT2D eigenvalue weighted by atomic mass is 9.12. The summed E-state index contributed by atoms with van der Waals surface area (Å²) in [6.07, 6.45) is 0.821. The molecule has 7 aromatic rings. The van der Waals surface area contributed by atoms with Crippen LogP contribution in [0.3, 0.4) is 0 Å². The normalized spacial score (nSPS) is 11.5. The lowest BCUT2D eigenvalue weighted by Crippen LogP contribution is -2.81. The molecule has 0 N–H and O–H groups in total. The lowest BCUT2D eigenvalue weighted by Gasteiger charge is -2.44. The third kappa shape index (κ3) is 8.74. The third-order valence-electron chi connectivity index (χ3n) is 10.4. The Morgan fingerprint density at radius 3 is 1.06 bits per heavy atom. The Balaban J connectivity index is 0.000000270. The molecule has 1 aromatic heterocycles. The van der Waals surface area contributed by atoms with Crippen molar-refractivity contribution in [1.82, 2.24) is 4.98 Å². The van der Waals surface area contributed by atoms with Crippen molar-refractivity contribution in [2.75, 3.05) is 0 Å². The van der Waals surface area contributed by atoms with Gasteiger partial charge in [-0.05, 0) is 11.6 Å². The van der Waals surface area contributed by atoms with Crippen LogP contribution < -0.4 is 26.4 Å².